The van der Waals surface area contributed by atoms with Gasteiger partial charge in [-0.25, -0.2) is 0 Å². The molecule has 0 aliphatic carbocycles. The van der Waals surface area contributed by atoms with E-state index >= 15 is 0 Å². The normalized spacial score (nSPS) is 23.2. The van der Waals surface area contributed by atoms with Crippen molar-refractivity contribution in [3.8, 4) is 0 Å². The second kappa shape index (κ2) is 6.06. The molecule has 0 aromatic rings. The smallest absolute Gasteiger partial charge is 0.0284 e. The predicted molar refractivity (Wildman–Crippen MR) is 58.7 cm³/mol. The van der Waals surface area contributed by atoms with Crippen LogP contribution in [0.4, 0.5) is 0 Å². The van der Waals surface area contributed by atoms with Crippen molar-refractivity contribution in [1.82, 2.24) is 4.90 Å². The zero-order valence-corrected chi connectivity index (χ0v) is 9.13. The lowest BCUT2D eigenvalue weighted by atomic mass is 10.1. The molecule has 0 radical (unpaired) electrons. The van der Waals surface area contributed by atoms with Gasteiger partial charge >= 0.3 is 0 Å². The standard InChI is InChI=1S/C12H23N/c1-3-5-8-12-9-7-11-13(12)10-6-4-2/h6,10,12H,3-5,7-9,11H2,1-2H3. The van der Waals surface area contributed by atoms with Crippen LogP contribution in [0, 0.1) is 0 Å². The van der Waals surface area contributed by atoms with Crippen LogP contribution in [0.25, 0.3) is 0 Å². The molecular weight excluding hydrogens is 158 g/mol. The second-order valence-corrected chi connectivity index (χ2v) is 3.97. The van der Waals surface area contributed by atoms with Gasteiger partial charge in [0.2, 0.25) is 0 Å². The zero-order chi connectivity index (χ0) is 9.52. The van der Waals surface area contributed by atoms with E-state index in [2.05, 4.69) is 31.0 Å². The molecule has 0 aromatic heterocycles. The van der Waals surface area contributed by atoms with Gasteiger partial charge in [-0.15, -0.1) is 0 Å². The number of nitrogens with zero attached hydrogens (tertiary/aromatic N) is 1. The van der Waals surface area contributed by atoms with Crippen LogP contribution in [0.3, 0.4) is 0 Å². The Balaban J connectivity index is 2.30. The molecule has 0 bridgehead atoms. The summed E-state index contributed by atoms with van der Waals surface area (Å²) in [4.78, 5) is 2.54. The third-order valence-electron chi connectivity index (χ3n) is 2.85. The molecule has 13 heavy (non-hydrogen) atoms. The lowest BCUT2D eigenvalue weighted by molar-refractivity contribution is 0.325. The minimum atomic E-state index is 0.850. The summed E-state index contributed by atoms with van der Waals surface area (Å²) in [7, 11) is 0. The fraction of sp³-hybridized carbons (Fsp3) is 0.833. The molecule has 0 saturated carbocycles. The van der Waals surface area contributed by atoms with E-state index in [0.717, 1.165) is 12.5 Å². The van der Waals surface area contributed by atoms with E-state index in [0.29, 0.717) is 0 Å². The van der Waals surface area contributed by atoms with Crippen molar-refractivity contribution in [1.29, 1.82) is 0 Å². The molecule has 1 nitrogen and oxygen atoms in total. The van der Waals surface area contributed by atoms with E-state index in [1.54, 1.807) is 0 Å². The molecule has 1 saturated heterocycles. The molecule has 1 fully saturated rings. The molecule has 1 heterocycles. The van der Waals surface area contributed by atoms with Crippen LogP contribution in [0.15, 0.2) is 12.3 Å². The van der Waals surface area contributed by atoms with Crippen molar-refractivity contribution < 1.29 is 0 Å². The average molecular weight is 181 g/mol. The van der Waals surface area contributed by atoms with E-state index < -0.39 is 0 Å². The summed E-state index contributed by atoms with van der Waals surface area (Å²) in [6, 6.07) is 0.850. The van der Waals surface area contributed by atoms with Crippen molar-refractivity contribution in [2.24, 2.45) is 0 Å². The summed E-state index contributed by atoms with van der Waals surface area (Å²) >= 11 is 0. The second-order valence-electron chi connectivity index (χ2n) is 3.97. The highest BCUT2D eigenvalue weighted by molar-refractivity contribution is 4.90. The van der Waals surface area contributed by atoms with Gasteiger partial charge in [0.05, 0.1) is 0 Å². The molecule has 0 N–H and O–H groups in total. The number of hydrogen-bond acceptors (Lipinski definition) is 1. The largest absolute Gasteiger partial charge is 0.375 e. The van der Waals surface area contributed by atoms with Gasteiger partial charge in [-0.2, -0.15) is 0 Å². The van der Waals surface area contributed by atoms with Gasteiger partial charge in [-0.3, -0.25) is 0 Å². The number of unbranched alkanes of at least 4 members (excludes halogenated alkanes) is 1. The van der Waals surface area contributed by atoms with Crippen LogP contribution in [0.1, 0.15) is 52.4 Å². The van der Waals surface area contributed by atoms with Crippen LogP contribution in [0.5, 0.6) is 0 Å². The Bertz CT molecular complexity index is 151. The van der Waals surface area contributed by atoms with Crippen LogP contribution < -0.4 is 0 Å². The Kier molecular flexibility index (Phi) is 4.95. The molecule has 1 aliphatic heterocycles. The molecule has 76 valence electrons. The van der Waals surface area contributed by atoms with E-state index in [1.165, 1.54) is 38.6 Å². The highest BCUT2D eigenvalue weighted by atomic mass is 15.2. The first kappa shape index (κ1) is 10.6. The summed E-state index contributed by atoms with van der Waals surface area (Å²) < 4.78 is 0. The van der Waals surface area contributed by atoms with E-state index in [9.17, 15) is 0 Å². The Hall–Kier alpha value is -0.460. The Labute approximate surface area is 82.8 Å². The fourth-order valence-electron chi connectivity index (χ4n) is 2.04. The fourth-order valence-corrected chi connectivity index (χ4v) is 2.04. The van der Waals surface area contributed by atoms with E-state index in [1.807, 2.05) is 0 Å². The minimum absolute atomic E-state index is 0.850. The summed E-state index contributed by atoms with van der Waals surface area (Å²) in [5, 5.41) is 0. The van der Waals surface area contributed by atoms with Gasteiger partial charge < -0.3 is 4.90 Å². The molecule has 1 unspecified atom stereocenters. The average Bonchev–Trinajstić information content (AvgIpc) is 2.59. The highest BCUT2D eigenvalue weighted by Gasteiger charge is 2.20. The number of likely N-dealkylation sites (tertiary alicyclic amines) is 1. The summed E-state index contributed by atoms with van der Waals surface area (Å²) in [5.41, 5.74) is 0. The maximum absolute atomic E-state index is 2.54. The SMILES string of the molecule is CCC=CN1CCCC1CCCC. The van der Waals surface area contributed by atoms with Crippen LogP contribution in [-0.4, -0.2) is 17.5 Å². The topological polar surface area (TPSA) is 3.24 Å². The molecule has 1 atom stereocenters. The number of rotatable bonds is 5. The van der Waals surface area contributed by atoms with Crippen LogP contribution in [0.2, 0.25) is 0 Å². The quantitative estimate of drug-likeness (QED) is 0.627. The van der Waals surface area contributed by atoms with Crippen LogP contribution >= 0.6 is 0 Å². The van der Waals surface area contributed by atoms with Gasteiger partial charge in [0.25, 0.3) is 0 Å². The first-order valence-corrected chi connectivity index (χ1v) is 5.80. The zero-order valence-electron chi connectivity index (χ0n) is 9.13. The molecule has 1 aliphatic rings. The van der Waals surface area contributed by atoms with Crippen molar-refractivity contribution in [3.05, 3.63) is 12.3 Å². The van der Waals surface area contributed by atoms with E-state index in [4.69, 9.17) is 0 Å². The third-order valence-corrected chi connectivity index (χ3v) is 2.85. The summed E-state index contributed by atoms with van der Waals surface area (Å²) in [6.07, 6.45) is 12.7. The lowest BCUT2D eigenvalue weighted by Crippen LogP contribution is -2.23. The predicted octanol–water partition coefficient (Wildman–Crippen LogP) is 3.56. The van der Waals surface area contributed by atoms with Gasteiger partial charge in [-0.1, -0.05) is 32.8 Å². The maximum Gasteiger partial charge on any atom is 0.0284 e. The number of allylic oxidation sites excluding steroid dienone is 1. The van der Waals surface area contributed by atoms with Gasteiger partial charge in [0.1, 0.15) is 0 Å². The van der Waals surface area contributed by atoms with Crippen molar-refractivity contribution in [2.75, 3.05) is 6.54 Å². The lowest BCUT2D eigenvalue weighted by Gasteiger charge is -2.22. The molecular formula is C12H23N. The number of hydrogen-bond donors (Lipinski definition) is 0. The Morgan fingerprint density at radius 2 is 2.23 bits per heavy atom. The van der Waals surface area contributed by atoms with Crippen molar-refractivity contribution in [2.45, 2.75) is 58.4 Å². The van der Waals surface area contributed by atoms with Gasteiger partial charge in [-0.05, 0) is 31.9 Å². The van der Waals surface area contributed by atoms with Crippen LogP contribution in [-0.2, 0) is 0 Å². The Morgan fingerprint density at radius 3 is 2.92 bits per heavy atom. The van der Waals surface area contributed by atoms with Crippen molar-refractivity contribution in [3.63, 3.8) is 0 Å². The van der Waals surface area contributed by atoms with Gasteiger partial charge in [0.15, 0.2) is 0 Å². The minimum Gasteiger partial charge on any atom is -0.375 e. The summed E-state index contributed by atoms with van der Waals surface area (Å²) in [5.74, 6) is 0. The highest BCUT2D eigenvalue weighted by Crippen LogP contribution is 2.22. The molecule has 0 spiro atoms. The first-order valence-electron chi connectivity index (χ1n) is 5.80. The third kappa shape index (κ3) is 3.41. The molecule has 0 amide bonds. The van der Waals surface area contributed by atoms with Gasteiger partial charge in [0, 0.05) is 12.6 Å². The van der Waals surface area contributed by atoms with Crippen molar-refractivity contribution >= 4 is 0 Å². The first-order chi connectivity index (χ1) is 6.38. The molecule has 1 rings (SSSR count). The molecule has 1 heteroatoms. The molecule has 0 aromatic carbocycles. The summed E-state index contributed by atoms with van der Waals surface area (Å²) in [6.45, 7) is 5.76. The Morgan fingerprint density at radius 1 is 1.38 bits per heavy atom. The van der Waals surface area contributed by atoms with E-state index in [-0.39, 0.29) is 0 Å². The maximum atomic E-state index is 2.54. The monoisotopic (exact) mass is 181 g/mol.